The number of ketones is 2. The van der Waals surface area contributed by atoms with Crippen LogP contribution in [0.5, 0.6) is 0 Å². The summed E-state index contributed by atoms with van der Waals surface area (Å²) >= 11 is 0. The SMILES string of the molecule is C=C(C)[C@H]1CC2=C(O1)c1ccccc1C(=O)C2=O. The summed E-state index contributed by atoms with van der Waals surface area (Å²) in [6.45, 7) is 5.71. The largest absolute Gasteiger partial charge is 0.485 e. The van der Waals surface area contributed by atoms with E-state index in [0.717, 1.165) is 11.1 Å². The molecule has 1 aromatic rings. The van der Waals surface area contributed by atoms with Gasteiger partial charge in [-0.25, -0.2) is 0 Å². The molecule has 0 aromatic heterocycles. The van der Waals surface area contributed by atoms with Crippen molar-refractivity contribution < 1.29 is 14.3 Å². The van der Waals surface area contributed by atoms with Gasteiger partial charge in [-0.3, -0.25) is 9.59 Å². The van der Waals surface area contributed by atoms with Gasteiger partial charge in [0.05, 0.1) is 5.57 Å². The molecule has 1 aliphatic heterocycles. The molecule has 0 saturated carbocycles. The third-order valence-corrected chi connectivity index (χ3v) is 3.37. The first-order valence-electron chi connectivity index (χ1n) is 5.83. The molecule has 0 radical (unpaired) electrons. The van der Waals surface area contributed by atoms with Gasteiger partial charge < -0.3 is 4.74 Å². The van der Waals surface area contributed by atoms with E-state index >= 15 is 0 Å². The zero-order chi connectivity index (χ0) is 12.9. The highest BCUT2D eigenvalue weighted by Gasteiger charge is 2.39. The predicted octanol–water partition coefficient (Wildman–Crippen LogP) is 2.53. The van der Waals surface area contributed by atoms with Crippen LogP contribution < -0.4 is 0 Å². The van der Waals surface area contributed by atoms with E-state index in [-0.39, 0.29) is 6.10 Å². The van der Waals surface area contributed by atoms with Gasteiger partial charge in [-0.05, 0) is 12.5 Å². The molecule has 2 aliphatic rings. The summed E-state index contributed by atoms with van der Waals surface area (Å²) in [7, 11) is 0. The first-order valence-corrected chi connectivity index (χ1v) is 5.83. The molecule has 0 N–H and O–H groups in total. The highest BCUT2D eigenvalue weighted by Crippen LogP contribution is 2.40. The maximum atomic E-state index is 12.0. The molecule has 0 spiro atoms. The minimum Gasteiger partial charge on any atom is -0.485 e. The summed E-state index contributed by atoms with van der Waals surface area (Å²) in [6, 6.07) is 7.07. The molecule has 18 heavy (non-hydrogen) atoms. The van der Waals surface area contributed by atoms with Gasteiger partial charge >= 0.3 is 0 Å². The van der Waals surface area contributed by atoms with E-state index in [1.807, 2.05) is 19.1 Å². The van der Waals surface area contributed by atoms with Crippen molar-refractivity contribution in [1.82, 2.24) is 0 Å². The van der Waals surface area contributed by atoms with Crippen LogP contribution in [-0.2, 0) is 9.53 Å². The molecule has 3 nitrogen and oxygen atoms in total. The fourth-order valence-corrected chi connectivity index (χ4v) is 2.37. The molecule has 0 saturated heterocycles. The molecule has 1 aliphatic carbocycles. The van der Waals surface area contributed by atoms with Crippen molar-refractivity contribution in [2.45, 2.75) is 19.4 Å². The summed E-state index contributed by atoms with van der Waals surface area (Å²) in [6.07, 6.45) is 0.252. The average molecular weight is 240 g/mol. The van der Waals surface area contributed by atoms with Crippen molar-refractivity contribution in [3.63, 3.8) is 0 Å². The Morgan fingerprint density at radius 2 is 1.89 bits per heavy atom. The van der Waals surface area contributed by atoms with Crippen molar-refractivity contribution in [3.8, 4) is 0 Å². The lowest BCUT2D eigenvalue weighted by Crippen LogP contribution is -2.22. The van der Waals surface area contributed by atoms with Gasteiger partial charge in [0.2, 0.25) is 11.6 Å². The molecule has 3 heteroatoms. The van der Waals surface area contributed by atoms with Gasteiger partial charge in [-0.2, -0.15) is 0 Å². The lowest BCUT2D eigenvalue weighted by Gasteiger charge is -2.16. The Kier molecular flexibility index (Phi) is 2.23. The van der Waals surface area contributed by atoms with Crippen molar-refractivity contribution >= 4 is 17.3 Å². The summed E-state index contributed by atoms with van der Waals surface area (Å²) in [5, 5.41) is 0. The number of hydrogen-bond donors (Lipinski definition) is 0. The smallest absolute Gasteiger partial charge is 0.234 e. The Morgan fingerprint density at radius 1 is 1.22 bits per heavy atom. The molecule has 0 fully saturated rings. The molecular weight excluding hydrogens is 228 g/mol. The van der Waals surface area contributed by atoms with Gasteiger partial charge in [0, 0.05) is 17.5 Å². The fourth-order valence-electron chi connectivity index (χ4n) is 2.37. The van der Waals surface area contributed by atoms with Crippen LogP contribution in [0, 0.1) is 0 Å². The summed E-state index contributed by atoms with van der Waals surface area (Å²) < 4.78 is 5.78. The normalized spacial score (nSPS) is 21.5. The molecule has 1 heterocycles. The Labute approximate surface area is 105 Å². The van der Waals surface area contributed by atoms with E-state index in [4.69, 9.17) is 4.74 Å². The van der Waals surface area contributed by atoms with Crippen LogP contribution in [-0.4, -0.2) is 17.7 Å². The van der Waals surface area contributed by atoms with Gasteiger partial charge in [0.15, 0.2) is 0 Å². The fraction of sp³-hybridized carbons (Fsp3) is 0.200. The molecule has 1 aromatic carbocycles. The van der Waals surface area contributed by atoms with E-state index in [1.54, 1.807) is 12.1 Å². The lowest BCUT2D eigenvalue weighted by atomic mass is 9.87. The first kappa shape index (κ1) is 11.0. The number of benzene rings is 1. The zero-order valence-corrected chi connectivity index (χ0v) is 10.0. The minimum absolute atomic E-state index is 0.196. The zero-order valence-electron chi connectivity index (χ0n) is 10.0. The molecule has 3 rings (SSSR count). The van der Waals surface area contributed by atoms with Crippen LogP contribution >= 0.6 is 0 Å². The number of carbonyl (C=O) groups is 2. The number of carbonyl (C=O) groups excluding carboxylic acids is 2. The second-order valence-electron chi connectivity index (χ2n) is 4.67. The molecule has 90 valence electrons. The van der Waals surface area contributed by atoms with Crippen LogP contribution in [0.15, 0.2) is 42.0 Å². The van der Waals surface area contributed by atoms with Gasteiger partial charge in [-0.15, -0.1) is 0 Å². The number of fused-ring (bicyclic) bond motifs is 2. The quantitative estimate of drug-likeness (QED) is 0.559. The first-order chi connectivity index (χ1) is 8.59. The van der Waals surface area contributed by atoms with Crippen molar-refractivity contribution in [2.24, 2.45) is 0 Å². The minimum atomic E-state index is -0.438. The number of ether oxygens (including phenoxy) is 1. The maximum Gasteiger partial charge on any atom is 0.234 e. The number of rotatable bonds is 1. The molecule has 1 atom stereocenters. The number of Topliss-reactive ketones (excluding diaryl/α,β-unsaturated/α-hetero) is 2. The molecule has 0 bridgehead atoms. The topological polar surface area (TPSA) is 43.4 Å². The van der Waals surface area contributed by atoms with Crippen molar-refractivity contribution in [1.29, 1.82) is 0 Å². The third-order valence-electron chi connectivity index (χ3n) is 3.37. The van der Waals surface area contributed by atoms with E-state index in [1.165, 1.54) is 0 Å². The van der Waals surface area contributed by atoms with Crippen LogP contribution in [0.2, 0.25) is 0 Å². The monoisotopic (exact) mass is 240 g/mol. The van der Waals surface area contributed by atoms with Crippen LogP contribution in [0.25, 0.3) is 5.76 Å². The Bertz CT molecular complexity index is 622. The maximum absolute atomic E-state index is 12.0. The molecule has 0 amide bonds. The van der Waals surface area contributed by atoms with Gasteiger partial charge in [0.1, 0.15) is 11.9 Å². The number of hydrogen-bond acceptors (Lipinski definition) is 3. The third kappa shape index (κ3) is 1.37. The second-order valence-corrected chi connectivity index (χ2v) is 4.67. The Morgan fingerprint density at radius 3 is 2.56 bits per heavy atom. The van der Waals surface area contributed by atoms with Crippen LogP contribution in [0.3, 0.4) is 0 Å². The Balaban J connectivity index is 2.15. The summed E-state index contributed by atoms with van der Waals surface area (Å²) in [5.74, 6) is -0.314. The van der Waals surface area contributed by atoms with Crippen LogP contribution in [0.1, 0.15) is 29.3 Å². The second kappa shape index (κ2) is 3.67. The standard InChI is InChI=1S/C15H12O3/c1-8(2)12-7-11-14(17)13(16)9-5-3-4-6-10(9)15(11)18-12/h3-6,12H,1,7H2,2H3/t12-/m1/s1. The summed E-state index contributed by atoms with van der Waals surface area (Å²) in [5.41, 5.74) is 2.51. The highest BCUT2D eigenvalue weighted by molar-refractivity contribution is 6.52. The summed E-state index contributed by atoms with van der Waals surface area (Å²) in [4.78, 5) is 24.0. The average Bonchev–Trinajstić information content (AvgIpc) is 2.81. The van der Waals surface area contributed by atoms with Gasteiger partial charge in [0.25, 0.3) is 0 Å². The van der Waals surface area contributed by atoms with E-state index in [0.29, 0.717) is 23.3 Å². The van der Waals surface area contributed by atoms with Crippen molar-refractivity contribution in [3.05, 3.63) is 53.1 Å². The lowest BCUT2D eigenvalue weighted by molar-refractivity contribution is -0.111. The predicted molar refractivity (Wildman–Crippen MR) is 67.0 cm³/mol. The van der Waals surface area contributed by atoms with E-state index < -0.39 is 11.6 Å². The van der Waals surface area contributed by atoms with E-state index in [9.17, 15) is 9.59 Å². The Hall–Kier alpha value is -2.16. The van der Waals surface area contributed by atoms with Gasteiger partial charge in [-0.1, -0.05) is 30.8 Å². The van der Waals surface area contributed by atoms with Crippen LogP contribution in [0.4, 0.5) is 0 Å². The molecular formula is C15H12O3. The molecule has 0 unspecified atom stereocenters. The van der Waals surface area contributed by atoms with Crippen molar-refractivity contribution in [2.75, 3.05) is 0 Å². The highest BCUT2D eigenvalue weighted by atomic mass is 16.5. The van der Waals surface area contributed by atoms with E-state index in [2.05, 4.69) is 6.58 Å².